The van der Waals surface area contributed by atoms with Crippen molar-refractivity contribution in [1.29, 1.82) is 0 Å². The number of hydrogen-bond donors (Lipinski definition) is 2. The molecule has 1 atom stereocenters. The number of halogens is 2. The first-order valence-corrected chi connectivity index (χ1v) is 10.5. The van der Waals surface area contributed by atoms with Crippen molar-refractivity contribution in [2.45, 2.75) is 46.0 Å². The second-order valence-corrected chi connectivity index (χ2v) is 7.76. The molecule has 0 heterocycles. The average Bonchev–Trinajstić information content (AvgIpc) is 2.69. The molecule has 2 aromatic carbocycles. The Balaban J connectivity index is 2.11. The summed E-state index contributed by atoms with van der Waals surface area (Å²) < 4.78 is 16.4. The van der Waals surface area contributed by atoms with Gasteiger partial charge in [-0.2, -0.15) is 0 Å². The van der Waals surface area contributed by atoms with Crippen molar-refractivity contribution in [1.82, 2.24) is 0 Å². The van der Waals surface area contributed by atoms with Gasteiger partial charge in [0.1, 0.15) is 12.4 Å². The van der Waals surface area contributed by atoms with E-state index >= 15 is 0 Å². The molecule has 31 heavy (non-hydrogen) atoms. The van der Waals surface area contributed by atoms with Crippen LogP contribution in [-0.2, 0) is 27.3 Å². The van der Waals surface area contributed by atoms with Crippen LogP contribution >= 0.6 is 23.2 Å². The van der Waals surface area contributed by atoms with E-state index in [1.165, 1.54) is 6.07 Å². The highest BCUT2D eigenvalue weighted by Gasteiger charge is 2.21. The monoisotopic (exact) mass is 469 g/mol. The zero-order valence-electron chi connectivity index (χ0n) is 17.5. The van der Waals surface area contributed by atoms with Crippen LogP contribution in [0.1, 0.15) is 31.9 Å². The van der Waals surface area contributed by atoms with Gasteiger partial charge in [-0.05, 0) is 56.7 Å². The molecule has 0 aromatic heterocycles. The summed E-state index contributed by atoms with van der Waals surface area (Å²) in [5.41, 5.74) is 1.69. The molecule has 0 aliphatic heterocycles. The number of rotatable bonds is 10. The summed E-state index contributed by atoms with van der Waals surface area (Å²) in [5, 5.41) is 12.7. The minimum atomic E-state index is -1.04. The number of anilines is 1. The van der Waals surface area contributed by atoms with Gasteiger partial charge >= 0.3 is 12.1 Å². The van der Waals surface area contributed by atoms with Crippen molar-refractivity contribution in [3.05, 3.63) is 57.6 Å². The van der Waals surface area contributed by atoms with Crippen molar-refractivity contribution in [2.24, 2.45) is 0 Å². The lowest BCUT2D eigenvalue weighted by atomic mass is 10.0. The highest BCUT2D eigenvalue weighted by Crippen LogP contribution is 2.26. The molecular weight excluding hydrogens is 445 g/mol. The van der Waals surface area contributed by atoms with Crippen molar-refractivity contribution in [3.63, 3.8) is 0 Å². The first-order valence-electron chi connectivity index (χ1n) is 9.71. The van der Waals surface area contributed by atoms with E-state index in [0.29, 0.717) is 28.6 Å². The fourth-order valence-corrected chi connectivity index (χ4v) is 3.24. The fourth-order valence-electron chi connectivity index (χ4n) is 2.79. The Morgan fingerprint density at radius 3 is 2.48 bits per heavy atom. The second-order valence-electron chi connectivity index (χ2n) is 6.92. The van der Waals surface area contributed by atoms with Gasteiger partial charge in [0.25, 0.3) is 0 Å². The van der Waals surface area contributed by atoms with Gasteiger partial charge in [-0.1, -0.05) is 29.3 Å². The number of carboxylic acids is 1. The zero-order valence-corrected chi connectivity index (χ0v) is 19.0. The summed E-state index contributed by atoms with van der Waals surface area (Å²) in [5.74, 6) is -0.500. The molecule has 2 N–H and O–H groups in total. The standard InChI is InChI=1S/C22H25Cl2NO6/c1-4-29-19-8-5-14(10-20(21(26)27)31-13(2)3)9-15(19)12-30-22(28)25-18-7-6-16(23)11-17(18)24/h5-9,11,13,20H,4,10,12H2,1-3H3,(H,25,28)(H,26,27). The number of carbonyl (C=O) groups is 2. The minimum absolute atomic E-state index is 0.0804. The lowest BCUT2D eigenvalue weighted by Crippen LogP contribution is -2.29. The van der Waals surface area contributed by atoms with Gasteiger partial charge < -0.3 is 19.3 Å². The van der Waals surface area contributed by atoms with Crippen molar-refractivity contribution in [2.75, 3.05) is 11.9 Å². The van der Waals surface area contributed by atoms with E-state index in [4.69, 9.17) is 37.4 Å². The topological polar surface area (TPSA) is 94.1 Å². The number of ether oxygens (including phenoxy) is 3. The van der Waals surface area contributed by atoms with E-state index in [1.807, 2.05) is 6.92 Å². The molecule has 2 rings (SSSR count). The Labute approximate surface area is 191 Å². The van der Waals surface area contributed by atoms with Crippen LogP contribution in [0.2, 0.25) is 10.0 Å². The minimum Gasteiger partial charge on any atom is -0.493 e. The Morgan fingerprint density at radius 2 is 1.87 bits per heavy atom. The van der Waals surface area contributed by atoms with Gasteiger partial charge in [0.05, 0.1) is 23.4 Å². The third-order valence-corrected chi connectivity index (χ3v) is 4.63. The lowest BCUT2D eigenvalue weighted by Gasteiger charge is -2.18. The molecule has 168 valence electrons. The SMILES string of the molecule is CCOc1ccc(CC(OC(C)C)C(=O)O)cc1COC(=O)Nc1ccc(Cl)cc1Cl. The van der Waals surface area contributed by atoms with Crippen LogP contribution in [0.25, 0.3) is 0 Å². The maximum Gasteiger partial charge on any atom is 0.412 e. The molecule has 0 fully saturated rings. The summed E-state index contributed by atoms with van der Waals surface area (Å²) >= 11 is 11.9. The molecule has 0 radical (unpaired) electrons. The molecule has 2 aromatic rings. The molecule has 1 amide bonds. The van der Waals surface area contributed by atoms with Gasteiger partial charge in [0, 0.05) is 17.0 Å². The van der Waals surface area contributed by atoms with E-state index in [0.717, 1.165) is 5.56 Å². The van der Waals surface area contributed by atoms with Crippen LogP contribution in [0, 0.1) is 0 Å². The van der Waals surface area contributed by atoms with Gasteiger partial charge in [-0.25, -0.2) is 9.59 Å². The Kier molecular flexibility index (Phi) is 9.43. The van der Waals surface area contributed by atoms with Crippen LogP contribution in [0.15, 0.2) is 36.4 Å². The molecule has 0 saturated carbocycles. The molecular formula is C22H25Cl2NO6. The molecule has 7 nitrogen and oxygen atoms in total. The molecule has 9 heteroatoms. The summed E-state index contributed by atoms with van der Waals surface area (Å²) in [6.45, 7) is 5.73. The van der Waals surface area contributed by atoms with Crippen LogP contribution in [0.3, 0.4) is 0 Å². The Hall–Kier alpha value is -2.48. The number of hydrogen-bond acceptors (Lipinski definition) is 5. The third-order valence-electron chi connectivity index (χ3n) is 4.08. The highest BCUT2D eigenvalue weighted by molar-refractivity contribution is 6.36. The van der Waals surface area contributed by atoms with Crippen LogP contribution < -0.4 is 10.1 Å². The first kappa shape index (κ1) is 24.8. The van der Waals surface area contributed by atoms with E-state index in [1.54, 1.807) is 44.2 Å². The fraction of sp³-hybridized carbons (Fsp3) is 0.364. The predicted octanol–water partition coefficient (Wildman–Crippen LogP) is 5.56. The highest BCUT2D eigenvalue weighted by atomic mass is 35.5. The van der Waals surface area contributed by atoms with Gasteiger partial charge in [0.2, 0.25) is 0 Å². The maximum atomic E-state index is 12.2. The van der Waals surface area contributed by atoms with Crippen molar-refractivity contribution >= 4 is 41.0 Å². The smallest absolute Gasteiger partial charge is 0.412 e. The van der Waals surface area contributed by atoms with Gasteiger partial charge in [-0.3, -0.25) is 5.32 Å². The molecule has 0 aliphatic rings. The Bertz CT molecular complexity index is 919. The summed E-state index contributed by atoms with van der Waals surface area (Å²) in [6, 6.07) is 9.90. The number of carboxylic acid groups (broad SMARTS) is 1. The van der Waals surface area contributed by atoms with E-state index < -0.39 is 18.2 Å². The summed E-state index contributed by atoms with van der Waals surface area (Å²) in [4.78, 5) is 23.7. The van der Waals surface area contributed by atoms with Crippen LogP contribution in [0.4, 0.5) is 10.5 Å². The van der Waals surface area contributed by atoms with Crippen LogP contribution in [-0.4, -0.2) is 36.0 Å². The molecule has 0 aliphatic carbocycles. The number of nitrogens with one attached hydrogen (secondary N) is 1. The van der Waals surface area contributed by atoms with E-state index in [2.05, 4.69) is 5.32 Å². The number of amides is 1. The molecule has 0 spiro atoms. The van der Waals surface area contributed by atoms with E-state index in [9.17, 15) is 14.7 Å². The predicted molar refractivity (Wildman–Crippen MR) is 119 cm³/mol. The Morgan fingerprint density at radius 1 is 1.13 bits per heavy atom. The first-order chi connectivity index (χ1) is 14.7. The lowest BCUT2D eigenvalue weighted by molar-refractivity contribution is -0.153. The molecule has 0 saturated heterocycles. The summed E-state index contributed by atoms with van der Waals surface area (Å²) in [7, 11) is 0. The summed E-state index contributed by atoms with van der Waals surface area (Å²) in [6.07, 6.45) is -1.75. The average molecular weight is 470 g/mol. The van der Waals surface area contributed by atoms with Crippen LogP contribution in [0.5, 0.6) is 5.75 Å². The second kappa shape index (κ2) is 11.8. The van der Waals surface area contributed by atoms with Crippen molar-refractivity contribution < 1.29 is 28.9 Å². The van der Waals surface area contributed by atoms with E-state index in [-0.39, 0.29) is 24.2 Å². The zero-order chi connectivity index (χ0) is 23.0. The van der Waals surface area contributed by atoms with Gasteiger partial charge in [-0.15, -0.1) is 0 Å². The normalized spacial score (nSPS) is 11.8. The maximum absolute atomic E-state index is 12.2. The van der Waals surface area contributed by atoms with Crippen molar-refractivity contribution in [3.8, 4) is 5.75 Å². The quantitative estimate of drug-likeness (QED) is 0.472. The molecule has 0 bridgehead atoms. The third kappa shape index (κ3) is 7.94. The molecule has 1 unspecified atom stereocenters. The number of aliphatic carboxylic acids is 1. The van der Waals surface area contributed by atoms with Gasteiger partial charge in [0.15, 0.2) is 6.10 Å². The number of carbonyl (C=O) groups excluding carboxylic acids is 1. The number of benzene rings is 2. The largest absolute Gasteiger partial charge is 0.493 e.